The van der Waals surface area contributed by atoms with Crippen molar-refractivity contribution in [3.8, 4) is 11.5 Å². The smallest absolute Gasteiger partial charge is 0.256 e. The van der Waals surface area contributed by atoms with Crippen molar-refractivity contribution in [1.29, 1.82) is 0 Å². The number of para-hydroxylation sites is 2. The van der Waals surface area contributed by atoms with E-state index in [-0.39, 0.29) is 0 Å². The third-order valence-corrected chi connectivity index (χ3v) is 5.94. The van der Waals surface area contributed by atoms with Crippen LogP contribution >= 0.6 is 0 Å². The molecule has 0 aliphatic carbocycles. The second-order valence-electron chi connectivity index (χ2n) is 4.32. The third-order valence-electron chi connectivity index (χ3n) is 2.78. The molecule has 0 saturated heterocycles. The zero-order valence-electron chi connectivity index (χ0n) is 11.6. The van der Waals surface area contributed by atoms with E-state index in [0.717, 1.165) is 11.5 Å². The Kier molecular flexibility index (Phi) is 5.80. The Balaban J connectivity index is 1.89. The summed E-state index contributed by atoms with van der Waals surface area (Å²) in [5.41, 5.74) is 7.23. The number of carbonyl (C=O) groups is 1. The molecule has 0 saturated carbocycles. The topological polar surface area (TPSA) is 61.6 Å². The number of hydrogen-bond acceptors (Lipinski definition) is 3. The van der Waals surface area contributed by atoms with Gasteiger partial charge in [0, 0.05) is 5.20 Å². The average molecular weight is 315 g/mol. The Morgan fingerprint density at radius 1 is 0.905 bits per heavy atom. The summed E-state index contributed by atoms with van der Waals surface area (Å²) in [5, 5.41) is 0.585. The fourth-order valence-corrected chi connectivity index (χ4v) is 4.02. The number of carbonyl (C=O) groups excluding carboxylic acids is 1. The Labute approximate surface area is 128 Å². The van der Waals surface area contributed by atoms with E-state index in [2.05, 4.69) is 0 Å². The first kappa shape index (κ1) is 15.1. The van der Waals surface area contributed by atoms with Gasteiger partial charge in [0.15, 0.2) is 0 Å². The summed E-state index contributed by atoms with van der Waals surface area (Å²) in [5.74, 6) is 1.17. The highest BCUT2D eigenvalue weighted by molar-refractivity contribution is 6.53. The van der Waals surface area contributed by atoms with Crippen molar-refractivity contribution in [2.45, 2.75) is 0 Å². The van der Waals surface area contributed by atoms with Gasteiger partial charge in [0.2, 0.25) is 15.7 Å². The van der Waals surface area contributed by atoms with E-state index in [4.69, 9.17) is 14.6 Å². The SMILES string of the molecule is NC(=O)C(=C[SiH2]Oc1ccccc1)[SiH2]Oc1ccccc1. The van der Waals surface area contributed by atoms with Crippen molar-refractivity contribution in [1.82, 2.24) is 0 Å². The minimum atomic E-state index is -1.18. The van der Waals surface area contributed by atoms with Gasteiger partial charge in [-0.05, 0) is 24.3 Å². The zero-order valence-corrected chi connectivity index (χ0v) is 14.4. The lowest BCUT2D eigenvalue weighted by molar-refractivity contribution is -0.114. The van der Waals surface area contributed by atoms with Gasteiger partial charge in [-0.15, -0.1) is 0 Å². The fraction of sp³-hybridized carbons (Fsp3) is 0. The third kappa shape index (κ3) is 5.29. The Hall–Kier alpha value is -2.32. The fourth-order valence-electron chi connectivity index (χ4n) is 1.66. The maximum absolute atomic E-state index is 11.4. The molecule has 21 heavy (non-hydrogen) atoms. The van der Waals surface area contributed by atoms with E-state index >= 15 is 0 Å². The molecule has 2 N–H and O–H groups in total. The molecule has 0 spiro atoms. The molecule has 1 amide bonds. The van der Waals surface area contributed by atoms with E-state index in [1.807, 2.05) is 66.4 Å². The van der Waals surface area contributed by atoms with Crippen LogP contribution in [-0.2, 0) is 4.79 Å². The molecule has 0 aliphatic heterocycles. The predicted octanol–water partition coefficient (Wildman–Crippen LogP) is 0.639. The Morgan fingerprint density at radius 3 is 1.95 bits per heavy atom. The van der Waals surface area contributed by atoms with Crippen LogP contribution in [0.1, 0.15) is 0 Å². The van der Waals surface area contributed by atoms with Gasteiger partial charge < -0.3 is 14.6 Å². The summed E-state index contributed by atoms with van der Waals surface area (Å²) in [4.78, 5) is 11.4. The van der Waals surface area contributed by atoms with Gasteiger partial charge in [-0.1, -0.05) is 42.1 Å². The number of amides is 1. The maximum Gasteiger partial charge on any atom is 0.256 e. The van der Waals surface area contributed by atoms with Crippen LogP contribution in [0.25, 0.3) is 0 Å². The number of nitrogens with two attached hydrogens (primary N) is 1. The molecule has 0 heterocycles. The van der Waals surface area contributed by atoms with Crippen molar-refractivity contribution in [3.63, 3.8) is 0 Å². The zero-order chi connectivity index (χ0) is 14.9. The molecular weight excluding hydrogens is 298 g/mol. The number of rotatable bonds is 7. The van der Waals surface area contributed by atoms with Crippen molar-refractivity contribution in [2.24, 2.45) is 5.73 Å². The molecule has 108 valence electrons. The van der Waals surface area contributed by atoms with Crippen LogP contribution in [-0.4, -0.2) is 25.4 Å². The molecule has 4 nitrogen and oxygen atoms in total. The van der Waals surface area contributed by atoms with Gasteiger partial charge >= 0.3 is 0 Å². The van der Waals surface area contributed by atoms with E-state index in [1.54, 1.807) is 0 Å². The summed E-state index contributed by atoms with van der Waals surface area (Å²) >= 11 is 0. The molecule has 6 heteroatoms. The molecule has 2 rings (SSSR count). The molecule has 0 fully saturated rings. The molecule has 2 aromatic carbocycles. The predicted molar refractivity (Wildman–Crippen MR) is 88.5 cm³/mol. The van der Waals surface area contributed by atoms with Gasteiger partial charge in [0.05, 0.1) is 0 Å². The largest absolute Gasteiger partial charge is 0.546 e. The van der Waals surface area contributed by atoms with Gasteiger partial charge in [-0.3, -0.25) is 4.79 Å². The van der Waals surface area contributed by atoms with Gasteiger partial charge in [-0.2, -0.15) is 0 Å². The van der Waals surface area contributed by atoms with E-state index in [9.17, 15) is 4.79 Å². The van der Waals surface area contributed by atoms with Crippen LogP contribution in [0.5, 0.6) is 11.5 Å². The molecule has 0 radical (unpaired) electrons. The molecule has 2 aromatic rings. The van der Waals surface area contributed by atoms with Crippen molar-refractivity contribution >= 4 is 25.4 Å². The number of hydrogen-bond donors (Lipinski definition) is 1. The van der Waals surface area contributed by atoms with Crippen LogP contribution in [0, 0.1) is 0 Å². The molecule has 0 aromatic heterocycles. The van der Waals surface area contributed by atoms with Gasteiger partial charge in [0.25, 0.3) is 9.76 Å². The van der Waals surface area contributed by atoms with Crippen LogP contribution in [0.15, 0.2) is 71.6 Å². The quantitative estimate of drug-likeness (QED) is 0.602. The average Bonchev–Trinajstić information content (AvgIpc) is 2.52. The lowest BCUT2D eigenvalue weighted by atomic mass is 10.3. The molecule has 0 unspecified atom stereocenters. The summed E-state index contributed by atoms with van der Waals surface area (Å²) in [6.45, 7) is 0. The maximum atomic E-state index is 11.4. The molecular formula is C15H17NO3Si2. The first-order valence-corrected chi connectivity index (χ1v) is 9.28. The van der Waals surface area contributed by atoms with Crippen molar-refractivity contribution in [2.75, 3.05) is 0 Å². The minimum Gasteiger partial charge on any atom is -0.546 e. The Bertz CT molecular complexity index is 603. The monoisotopic (exact) mass is 315 g/mol. The number of benzene rings is 2. The normalized spacial score (nSPS) is 12.1. The lowest BCUT2D eigenvalue weighted by Crippen LogP contribution is -2.23. The van der Waals surface area contributed by atoms with Crippen LogP contribution < -0.4 is 14.6 Å². The second kappa shape index (κ2) is 8.08. The van der Waals surface area contributed by atoms with Gasteiger partial charge in [-0.25, -0.2) is 0 Å². The highest BCUT2D eigenvalue weighted by Gasteiger charge is 2.07. The molecule has 0 bridgehead atoms. The van der Waals surface area contributed by atoms with Crippen molar-refractivity contribution < 1.29 is 13.6 Å². The first-order valence-electron chi connectivity index (χ1n) is 6.60. The van der Waals surface area contributed by atoms with Crippen LogP contribution in [0.2, 0.25) is 0 Å². The summed E-state index contributed by atoms with van der Waals surface area (Å²) in [7, 11) is -2.16. The minimum absolute atomic E-state index is 0.415. The highest BCUT2D eigenvalue weighted by atomic mass is 28.2. The van der Waals surface area contributed by atoms with Crippen molar-refractivity contribution in [3.05, 3.63) is 71.6 Å². The summed E-state index contributed by atoms with van der Waals surface area (Å²) < 4.78 is 11.3. The molecule has 0 aliphatic rings. The summed E-state index contributed by atoms with van der Waals surface area (Å²) in [6.07, 6.45) is 0. The lowest BCUT2D eigenvalue weighted by Gasteiger charge is -2.08. The summed E-state index contributed by atoms with van der Waals surface area (Å²) in [6, 6.07) is 19.0. The van der Waals surface area contributed by atoms with Crippen LogP contribution in [0.4, 0.5) is 0 Å². The highest BCUT2D eigenvalue weighted by Crippen LogP contribution is 2.09. The Morgan fingerprint density at radius 2 is 1.43 bits per heavy atom. The van der Waals surface area contributed by atoms with Crippen LogP contribution in [0.3, 0.4) is 0 Å². The standard InChI is InChI=1S/C15H17NO3Si2/c16-15(17)14(21-19-13-9-5-2-6-10-13)11-20-18-12-7-3-1-4-8-12/h1-11H,20-21H2,(H2,16,17). The number of primary amides is 1. The van der Waals surface area contributed by atoms with E-state index in [1.165, 1.54) is 0 Å². The second-order valence-corrected chi connectivity index (χ2v) is 6.69. The first-order chi connectivity index (χ1) is 10.3. The van der Waals surface area contributed by atoms with E-state index < -0.39 is 25.4 Å². The van der Waals surface area contributed by atoms with Gasteiger partial charge in [0.1, 0.15) is 11.5 Å². The van der Waals surface area contributed by atoms with E-state index in [0.29, 0.717) is 5.20 Å². The molecule has 0 atom stereocenters.